The number of benzene rings is 2. The van der Waals surface area contributed by atoms with Crippen LogP contribution in [0.3, 0.4) is 0 Å². The minimum atomic E-state index is -0.445. The number of anilines is 1. The van der Waals surface area contributed by atoms with Gasteiger partial charge in [0, 0.05) is 34.4 Å². The zero-order valence-electron chi connectivity index (χ0n) is 14.1. The number of nitro benzene ring substituents is 1. The van der Waals surface area contributed by atoms with Crippen LogP contribution in [0.4, 0.5) is 11.4 Å². The molecule has 0 saturated heterocycles. The van der Waals surface area contributed by atoms with Crippen molar-refractivity contribution in [1.29, 1.82) is 0 Å². The molecule has 8 heteroatoms. The fraction of sp³-hybridized carbons (Fsp3) is 0.105. The van der Waals surface area contributed by atoms with Crippen molar-refractivity contribution in [2.75, 3.05) is 5.32 Å². The number of nitrogens with one attached hydrogen (secondary N) is 2. The van der Waals surface area contributed by atoms with Gasteiger partial charge in [0.2, 0.25) is 0 Å². The summed E-state index contributed by atoms with van der Waals surface area (Å²) in [4.78, 5) is 22.6. The largest absolute Gasteiger partial charge is 0.467 e. The van der Waals surface area contributed by atoms with Crippen molar-refractivity contribution in [2.45, 2.75) is 13.1 Å². The first-order valence-electron chi connectivity index (χ1n) is 8.10. The lowest BCUT2D eigenvalue weighted by atomic mass is 10.1. The average molecular weight is 430 g/mol. The Labute approximate surface area is 163 Å². The van der Waals surface area contributed by atoms with Gasteiger partial charge in [-0.25, -0.2) is 0 Å². The minimum absolute atomic E-state index is 0.0163. The molecule has 1 aromatic heterocycles. The molecular weight excluding hydrogens is 414 g/mol. The van der Waals surface area contributed by atoms with Gasteiger partial charge in [0.15, 0.2) is 0 Å². The van der Waals surface area contributed by atoms with E-state index >= 15 is 0 Å². The van der Waals surface area contributed by atoms with E-state index in [0.717, 1.165) is 11.3 Å². The average Bonchev–Trinajstić information content (AvgIpc) is 3.19. The summed E-state index contributed by atoms with van der Waals surface area (Å²) in [6.07, 6.45) is 1.56. The molecule has 2 N–H and O–H groups in total. The Hall–Kier alpha value is -3.13. The van der Waals surface area contributed by atoms with Crippen molar-refractivity contribution in [3.05, 3.63) is 92.3 Å². The maximum atomic E-state index is 12.3. The van der Waals surface area contributed by atoms with Gasteiger partial charge in [0.1, 0.15) is 5.76 Å². The van der Waals surface area contributed by atoms with Crippen LogP contribution in [0.25, 0.3) is 0 Å². The van der Waals surface area contributed by atoms with E-state index < -0.39 is 4.92 Å². The molecule has 0 bridgehead atoms. The molecule has 3 aromatic rings. The highest BCUT2D eigenvalue weighted by atomic mass is 79.9. The number of halogens is 1. The molecule has 0 aliphatic rings. The number of carbonyl (C=O) groups excluding carboxylic acids is 1. The molecule has 0 saturated carbocycles. The van der Waals surface area contributed by atoms with Gasteiger partial charge in [-0.3, -0.25) is 14.9 Å². The minimum Gasteiger partial charge on any atom is -0.467 e. The monoisotopic (exact) mass is 429 g/mol. The third-order valence-corrected chi connectivity index (χ3v) is 4.49. The van der Waals surface area contributed by atoms with Crippen LogP contribution in [0.1, 0.15) is 21.7 Å². The summed E-state index contributed by atoms with van der Waals surface area (Å²) in [7, 11) is 0. The Kier molecular flexibility index (Phi) is 5.87. The molecule has 0 unspecified atom stereocenters. The van der Waals surface area contributed by atoms with E-state index in [2.05, 4.69) is 26.6 Å². The van der Waals surface area contributed by atoms with Gasteiger partial charge < -0.3 is 15.1 Å². The number of nitro groups is 1. The predicted octanol–water partition coefficient (Wildman–Crippen LogP) is 4.49. The molecule has 0 radical (unpaired) electrons. The number of furan rings is 1. The molecule has 0 atom stereocenters. The highest BCUT2D eigenvalue weighted by Crippen LogP contribution is 2.27. The molecule has 0 spiro atoms. The smallest absolute Gasteiger partial charge is 0.270 e. The van der Waals surface area contributed by atoms with Crippen LogP contribution in [-0.2, 0) is 13.1 Å². The number of nitrogens with zero attached hydrogens (tertiary/aromatic N) is 1. The van der Waals surface area contributed by atoms with Gasteiger partial charge in [-0.05, 0) is 51.8 Å². The maximum Gasteiger partial charge on any atom is 0.270 e. The van der Waals surface area contributed by atoms with Gasteiger partial charge in [0.25, 0.3) is 11.6 Å². The van der Waals surface area contributed by atoms with Crippen LogP contribution in [0.15, 0.2) is 69.8 Å². The highest BCUT2D eigenvalue weighted by Gasteiger charge is 2.10. The van der Waals surface area contributed by atoms with Crippen molar-refractivity contribution in [3.63, 3.8) is 0 Å². The van der Waals surface area contributed by atoms with Crippen LogP contribution < -0.4 is 10.6 Å². The first-order valence-corrected chi connectivity index (χ1v) is 8.89. The van der Waals surface area contributed by atoms with Gasteiger partial charge in [-0.15, -0.1) is 0 Å². The number of hydrogen-bond donors (Lipinski definition) is 2. The van der Waals surface area contributed by atoms with E-state index in [1.807, 2.05) is 12.1 Å². The summed E-state index contributed by atoms with van der Waals surface area (Å²) in [5.41, 5.74) is 2.20. The summed E-state index contributed by atoms with van der Waals surface area (Å²) in [5, 5.41) is 16.8. The predicted molar refractivity (Wildman–Crippen MR) is 104 cm³/mol. The molecule has 0 fully saturated rings. The Morgan fingerprint density at radius 3 is 2.67 bits per heavy atom. The topological polar surface area (TPSA) is 97.4 Å². The maximum absolute atomic E-state index is 12.3. The first-order chi connectivity index (χ1) is 13.0. The normalized spacial score (nSPS) is 10.4. The molecular formula is C19H16BrN3O4. The number of amides is 1. The standard InChI is InChI=1S/C19H16BrN3O4/c20-17-10-15(23(25)26)6-7-18(17)21-11-13-3-1-4-14(9-13)19(24)22-12-16-5-2-8-27-16/h1-10,21H,11-12H2,(H,22,24). The van der Waals surface area contributed by atoms with Gasteiger partial charge >= 0.3 is 0 Å². The zero-order valence-corrected chi connectivity index (χ0v) is 15.7. The van der Waals surface area contributed by atoms with Crippen LogP contribution in [0.5, 0.6) is 0 Å². The number of hydrogen-bond acceptors (Lipinski definition) is 5. The molecule has 1 amide bonds. The third kappa shape index (κ3) is 4.95. The molecule has 2 aromatic carbocycles. The van der Waals surface area contributed by atoms with Crippen LogP contribution in [0, 0.1) is 10.1 Å². The van der Waals surface area contributed by atoms with E-state index in [1.165, 1.54) is 12.1 Å². The molecule has 3 rings (SSSR count). The molecule has 0 aliphatic heterocycles. The quantitative estimate of drug-likeness (QED) is 0.425. The highest BCUT2D eigenvalue weighted by molar-refractivity contribution is 9.10. The van der Waals surface area contributed by atoms with E-state index in [4.69, 9.17) is 4.42 Å². The van der Waals surface area contributed by atoms with Crippen LogP contribution in [-0.4, -0.2) is 10.8 Å². The Morgan fingerprint density at radius 2 is 1.96 bits per heavy atom. The fourth-order valence-electron chi connectivity index (χ4n) is 2.46. The molecule has 7 nitrogen and oxygen atoms in total. The van der Waals surface area contributed by atoms with E-state index in [1.54, 1.807) is 36.6 Å². The second kappa shape index (κ2) is 8.50. The van der Waals surface area contributed by atoms with E-state index in [-0.39, 0.29) is 11.6 Å². The Morgan fingerprint density at radius 1 is 1.11 bits per heavy atom. The lowest BCUT2D eigenvalue weighted by Gasteiger charge is -2.10. The van der Waals surface area contributed by atoms with Crippen molar-refractivity contribution >= 4 is 33.2 Å². The fourth-order valence-corrected chi connectivity index (χ4v) is 2.97. The number of rotatable bonds is 7. The van der Waals surface area contributed by atoms with Crippen molar-refractivity contribution in [1.82, 2.24) is 5.32 Å². The lowest BCUT2D eigenvalue weighted by Crippen LogP contribution is -2.22. The lowest BCUT2D eigenvalue weighted by molar-refractivity contribution is -0.384. The second-order valence-electron chi connectivity index (χ2n) is 5.74. The SMILES string of the molecule is O=C(NCc1ccco1)c1cccc(CNc2ccc([N+](=O)[O-])cc2Br)c1. The van der Waals surface area contributed by atoms with Crippen LogP contribution >= 0.6 is 15.9 Å². The first kappa shape index (κ1) is 18.7. The van der Waals surface area contributed by atoms with Gasteiger partial charge in [-0.1, -0.05) is 12.1 Å². The Balaban J connectivity index is 1.62. The summed E-state index contributed by atoms with van der Waals surface area (Å²) in [5.74, 6) is 0.494. The van der Waals surface area contributed by atoms with Crippen LogP contribution in [0.2, 0.25) is 0 Å². The Bertz CT molecular complexity index is 957. The number of carbonyl (C=O) groups is 1. The van der Waals surface area contributed by atoms with Gasteiger partial charge in [-0.2, -0.15) is 0 Å². The molecule has 138 valence electrons. The van der Waals surface area contributed by atoms with Crippen molar-refractivity contribution in [3.8, 4) is 0 Å². The van der Waals surface area contributed by atoms with Crippen molar-refractivity contribution in [2.24, 2.45) is 0 Å². The van der Waals surface area contributed by atoms with Crippen molar-refractivity contribution < 1.29 is 14.1 Å². The van der Waals surface area contributed by atoms with Gasteiger partial charge in [0.05, 0.1) is 17.7 Å². The summed E-state index contributed by atoms with van der Waals surface area (Å²) < 4.78 is 5.80. The molecule has 0 aliphatic carbocycles. The van der Waals surface area contributed by atoms with E-state index in [0.29, 0.717) is 28.9 Å². The zero-order chi connectivity index (χ0) is 19.2. The second-order valence-corrected chi connectivity index (χ2v) is 6.59. The van der Waals surface area contributed by atoms with E-state index in [9.17, 15) is 14.9 Å². The molecule has 27 heavy (non-hydrogen) atoms. The number of non-ortho nitro benzene ring substituents is 1. The molecule has 1 heterocycles. The summed E-state index contributed by atoms with van der Waals surface area (Å²) in [6.45, 7) is 0.791. The summed E-state index contributed by atoms with van der Waals surface area (Å²) >= 11 is 3.33. The third-order valence-electron chi connectivity index (χ3n) is 3.84. The summed E-state index contributed by atoms with van der Waals surface area (Å²) in [6, 6.07) is 15.3.